The van der Waals surface area contributed by atoms with Crippen molar-refractivity contribution in [3.05, 3.63) is 86.7 Å². The van der Waals surface area contributed by atoms with E-state index in [-0.39, 0.29) is 11.5 Å². The van der Waals surface area contributed by atoms with Gasteiger partial charge in [0.25, 0.3) is 11.5 Å². The van der Waals surface area contributed by atoms with Crippen LogP contribution in [0, 0.1) is 13.8 Å². The van der Waals surface area contributed by atoms with E-state index in [1.807, 2.05) is 44.2 Å². The van der Waals surface area contributed by atoms with E-state index in [1.165, 1.54) is 10.2 Å². The lowest BCUT2D eigenvalue weighted by molar-refractivity contribution is 0.0746. The third-order valence-electron chi connectivity index (χ3n) is 5.52. The van der Waals surface area contributed by atoms with Crippen molar-refractivity contribution in [2.45, 2.75) is 13.8 Å². The molecule has 2 heterocycles. The molecule has 0 bridgehead atoms. The zero-order valence-corrected chi connectivity index (χ0v) is 17.8. The zero-order chi connectivity index (χ0) is 21.3. The Hall–Kier alpha value is -3.12. The number of hydrogen-bond donors (Lipinski definition) is 0. The highest BCUT2D eigenvalue weighted by Gasteiger charge is 2.24. The largest absolute Gasteiger partial charge is 0.352 e. The number of carbonyl (C=O) groups excluding carboxylic acids is 1. The van der Waals surface area contributed by atoms with Gasteiger partial charge in [0.2, 0.25) is 0 Å². The molecule has 0 spiro atoms. The van der Waals surface area contributed by atoms with E-state index in [0.717, 1.165) is 17.1 Å². The molecule has 7 heteroatoms. The molecule has 154 valence electrons. The number of halogens is 1. The van der Waals surface area contributed by atoms with Crippen molar-refractivity contribution >= 4 is 23.3 Å². The van der Waals surface area contributed by atoms with E-state index in [4.69, 9.17) is 11.6 Å². The Bertz CT molecular complexity index is 1150. The minimum atomic E-state index is -0.172. The molecule has 1 aromatic heterocycles. The van der Waals surface area contributed by atoms with Gasteiger partial charge in [0.05, 0.1) is 16.3 Å². The summed E-state index contributed by atoms with van der Waals surface area (Å²) in [7, 11) is 0. The average molecular weight is 423 g/mol. The fraction of sp³-hybridized carbons (Fsp3) is 0.261. The van der Waals surface area contributed by atoms with Crippen LogP contribution in [0.5, 0.6) is 0 Å². The van der Waals surface area contributed by atoms with Crippen molar-refractivity contribution in [1.29, 1.82) is 0 Å². The molecule has 0 saturated carbocycles. The van der Waals surface area contributed by atoms with Crippen molar-refractivity contribution in [1.82, 2.24) is 14.7 Å². The molecular formula is C23H23ClN4O2. The van der Waals surface area contributed by atoms with Crippen LogP contribution in [0.25, 0.3) is 5.69 Å². The first-order valence-electron chi connectivity index (χ1n) is 9.91. The molecule has 6 nitrogen and oxygen atoms in total. The highest BCUT2D eigenvalue weighted by Crippen LogP contribution is 2.20. The van der Waals surface area contributed by atoms with Crippen LogP contribution in [0.2, 0.25) is 5.02 Å². The van der Waals surface area contributed by atoms with Crippen LogP contribution in [0.1, 0.15) is 21.5 Å². The first-order chi connectivity index (χ1) is 14.4. The molecular weight excluding hydrogens is 400 g/mol. The monoisotopic (exact) mass is 422 g/mol. The van der Waals surface area contributed by atoms with Crippen LogP contribution >= 0.6 is 11.6 Å². The van der Waals surface area contributed by atoms with E-state index in [1.54, 1.807) is 29.2 Å². The molecule has 1 fully saturated rings. The Morgan fingerprint density at radius 3 is 2.37 bits per heavy atom. The predicted octanol–water partition coefficient (Wildman–Crippen LogP) is 3.47. The summed E-state index contributed by atoms with van der Waals surface area (Å²) in [5, 5.41) is 5.05. The van der Waals surface area contributed by atoms with E-state index < -0.39 is 0 Å². The molecule has 3 aromatic rings. The molecule has 2 aromatic carbocycles. The summed E-state index contributed by atoms with van der Waals surface area (Å²) >= 11 is 6.17. The van der Waals surface area contributed by atoms with Crippen LogP contribution in [0.3, 0.4) is 0 Å². The van der Waals surface area contributed by atoms with Gasteiger partial charge in [0.1, 0.15) is 5.82 Å². The number of aryl methyl sites for hydroxylation is 2. The standard InChI is InChI=1S/C23H23ClN4O2/c1-16-7-8-18(15-17(16)2)28-22(29)10-9-21(25-28)26-11-13-27(14-12-26)23(30)19-5-3-4-6-20(19)24/h3-10,15H,11-14H2,1-2H3. The maximum Gasteiger partial charge on any atom is 0.271 e. The average Bonchev–Trinajstić information content (AvgIpc) is 2.76. The second-order valence-corrected chi connectivity index (χ2v) is 7.88. The van der Waals surface area contributed by atoms with Crippen LogP contribution in [-0.2, 0) is 0 Å². The lowest BCUT2D eigenvalue weighted by Gasteiger charge is -2.35. The molecule has 0 radical (unpaired) electrons. The number of nitrogens with zero attached hydrogens (tertiary/aromatic N) is 4. The third-order valence-corrected chi connectivity index (χ3v) is 5.85. The molecule has 0 unspecified atom stereocenters. The Labute approximate surface area is 180 Å². The van der Waals surface area contributed by atoms with Crippen molar-refractivity contribution in [3.63, 3.8) is 0 Å². The van der Waals surface area contributed by atoms with Crippen molar-refractivity contribution in [3.8, 4) is 5.69 Å². The Balaban J connectivity index is 1.51. The second kappa shape index (κ2) is 8.32. The minimum absolute atomic E-state index is 0.0618. The molecule has 0 aliphatic carbocycles. The van der Waals surface area contributed by atoms with Crippen molar-refractivity contribution in [2.24, 2.45) is 0 Å². The molecule has 1 aliphatic rings. The number of hydrogen-bond acceptors (Lipinski definition) is 4. The highest BCUT2D eigenvalue weighted by molar-refractivity contribution is 6.33. The SMILES string of the molecule is Cc1ccc(-n2nc(N3CCN(C(=O)c4ccccc4Cl)CC3)ccc2=O)cc1C. The van der Waals surface area contributed by atoms with Gasteiger partial charge in [-0.25, -0.2) is 0 Å². The normalized spacial score (nSPS) is 14.1. The summed E-state index contributed by atoms with van der Waals surface area (Å²) in [5.74, 6) is 0.658. The molecule has 1 saturated heterocycles. The van der Waals surface area contributed by atoms with E-state index in [2.05, 4.69) is 10.00 Å². The number of piperazine rings is 1. The Morgan fingerprint density at radius 2 is 1.67 bits per heavy atom. The predicted molar refractivity (Wildman–Crippen MR) is 119 cm³/mol. The van der Waals surface area contributed by atoms with Gasteiger partial charge in [0, 0.05) is 32.2 Å². The van der Waals surface area contributed by atoms with E-state index in [9.17, 15) is 9.59 Å². The smallest absolute Gasteiger partial charge is 0.271 e. The fourth-order valence-corrected chi connectivity index (χ4v) is 3.77. The molecule has 0 atom stereocenters. The number of anilines is 1. The summed E-state index contributed by atoms with van der Waals surface area (Å²) in [6, 6.07) is 16.2. The lowest BCUT2D eigenvalue weighted by Crippen LogP contribution is -2.49. The molecule has 1 aliphatic heterocycles. The van der Waals surface area contributed by atoms with Crippen molar-refractivity contribution < 1.29 is 4.79 Å². The quantitative estimate of drug-likeness (QED) is 0.648. The van der Waals surface area contributed by atoms with Crippen LogP contribution in [0.4, 0.5) is 5.82 Å². The van der Waals surface area contributed by atoms with Gasteiger partial charge in [0.15, 0.2) is 0 Å². The maximum absolute atomic E-state index is 12.8. The highest BCUT2D eigenvalue weighted by atomic mass is 35.5. The van der Waals surface area contributed by atoms with Crippen LogP contribution in [-0.4, -0.2) is 46.8 Å². The molecule has 1 amide bonds. The first kappa shape index (κ1) is 20.2. The van der Waals surface area contributed by atoms with E-state index >= 15 is 0 Å². The van der Waals surface area contributed by atoms with Gasteiger partial charge in [-0.05, 0) is 55.3 Å². The Morgan fingerprint density at radius 1 is 0.933 bits per heavy atom. The van der Waals surface area contributed by atoms with Crippen LogP contribution < -0.4 is 10.5 Å². The minimum Gasteiger partial charge on any atom is -0.352 e. The first-order valence-corrected chi connectivity index (χ1v) is 10.3. The van der Waals surface area contributed by atoms with Gasteiger partial charge in [-0.2, -0.15) is 4.68 Å². The van der Waals surface area contributed by atoms with E-state index in [0.29, 0.717) is 36.8 Å². The number of amides is 1. The Kier molecular flexibility index (Phi) is 5.59. The lowest BCUT2D eigenvalue weighted by atomic mass is 10.1. The summed E-state index contributed by atoms with van der Waals surface area (Å²) in [4.78, 5) is 29.1. The van der Waals surface area contributed by atoms with Crippen LogP contribution in [0.15, 0.2) is 59.4 Å². The topological polar surface area (TPSA) is 58.4 Å². The third kappa shape index (κ3) is 3.96. The molecule has 4 rings (SSSR count). The zero-order valence-electron chi connectivity index (χ0n) is 17.0. The molecule has 0 N–H and O–H groups in total. The second-order valence-electron chi connectivity index (χ2n) is 7.47. The number of benzene rings is 2. The summed E-state index contributed by atoms with van der Waals surface area (Å²) in [5.41, 5.74) is 3.38. The number of carbonyl (C=O) groups is 1. The van der Waals surface area contributed by atoms with Gasteiger partial charge >= 0.3 is 0 Å². The van der Waals surface area contributed by atoms with Gasteiger partial charge in [-0.15, -0.1) is 5.10 Å². The summed E-state index contributed by atoms with van der Waals surface area (Å²) < 4.78 is 1.43. The summed E-state index contributed by atoms with van der Waals surface area (Å²) in [6.45, 7) is 6.45. The molecule has 30 heavy (non-hydrogen) atoms. The summed E-state index contributed by atoms with van der Waals surface area (Å²) in [6.07, 6.45) is 0. The number of rotatable bonds is 3. The number of aromatic nitrogens is 2. The van der Waals surface area contributed by atoms with Crippen molar-refractivity contribution in [2.75, 3.05) is 31.1 Å². The van der Waals surface area contributed by atoms with Gasteiger partial charge in [-0.1, -0.05) is 29.8 Å². The van der Waals surface area contributed by atoms with Gasteiger partial charge in [-0.3, -0.25) is 9.59 Å². The fourth-order valence-electron chi connectivity index (χ4n) is 3.56. The van der Waals surface area contributed by atoms with Gasteiger partial charge < -0.3 is 9.80 Å². The maximum atomic E-state index is 12.8.